The molecule has 37 heavy (non-hydrogen) atoms. The van der Waals surface area contributed by atoms with E-state index in [4.69, 9.17) is 14.6 Å². The van der Waals surface area contributed by atoms with E-state index in [0.29, 0.717) is 39.0 Å². The molecule has 0 aromatic heterocycles. The number of piperidine rings is 1. The van der Waals surface area contributed by atoms with Crippen LogP contribution in [-0.4, -0.2) is 73.2 Å². The number of carbonyl (C=O) groups is 1. The van der Waals surface area contributed by atoms with Crippen molar-refractivity contribution >= 4 is 15.9 Å². The first-order valence-electron chi connectivity index (χ1n) is 12.8. The first-order chi connectivity index (χ1) is 17.8. The van der Waals surface area contributed by atoms with Gasteiger partial charge in [0.1, 0.15) is 5.75 Å². The molecule has 2 aliphatic heterocycles. The van der Waals surface area contributed by atoms with Gasteiger partial charge in [0.2, 0.25) is 10.0 Å². The number of aliphatic hydroxyl groups excluding tert-OH is 1. The molecule has 10 heteroatoms. The van der Waals surface area contributed by atoms with E-state index in [2.05, 4.69) is 25.1 Å². The predicted octanol–water partition coefficient (Wildman–Crippen LogP) is 2.99. The lowest BCUT2D eigenvalue weighted by atomic mass is 9.87. The highest BCUT2D eigenvalue weighted by molar-refractivity contribution is 7.91. The quantitative estimate of drug-likeness (QED) is 0.258. The van der Waals surface area contributed by atoms with Crippen molar-refractivity contribution < 1.29 is 33.0 Å². The van der Waals surface area contributed by atoms with Crippen LogP contribution in [0.4, 0.5) is 0 Å². The Morgan fingerprint density at radius 3 is 2.54 bits per heavy atom. The minimum atomic E-state index is -3.97. The van der Waals surface area contributed by atoms with Crippen molar-refractivity contribution in [3.05, 3.63) is 53.6 Å². The average molecular weight is 533 g/mol. The number of ether oxygens (including phenoxy) is 2. The van der Waals surface area contributed by atoms with Gasteiger partial charge in [-0.05, 0) is 60.1 Å². The Kier molecular flexibility index (Phi) is 8.86. The third-order valence-corrected chi connectivity index (χ3v) is 10.2. The van der Waals surface area contributed by atoms with Gasteiger partial charge in [-0.2, -0.15) is 0 Å². The van der Waals surface area contributed by atoms with Crippen LogP contribution >= 0.6 is 0 Å². The molecule has 9 nitrogen and oxygen atoms in total. The van der Waals surface area contributed by atoms with Crippen LogP contribution in [0.3, 0.4) is 0 Å². The highest BCUT2D eigenvalue weighted by Gasteiger charge is 2.54. The SMILES string of the molecule is Cc1cc(C2CCN(S(=O)(=O)C3(C(=O)NO)CCOCC3)CC2)ccc1-c1cccc(OCCCO)c1. The molecule has 3 N–H and O–H groups in total. The largest absolute Gasteiger partial charge is 0.493 e. The van der Waals surface area contributed by atoms with Crippen molar-refractivity contribution in [3.8, 4) is 16.9 Å². The molecular formula is C27H36N2O7S. The molecule has 0 aliphatic carbocycles. The molecule has 2 aromatic carbocycles. The van der Waals surface area contributed by atoms with Crippen molar-refractivity contribution in [1.82, 2.24) is 9.79 Å². The Labute approximate surface area is 218 Å². The molecule has 2 fully saturated rings. The number of amides is 1. The van der Waals surface area contributed by atoms with Gasteiger partial charge in [-0.1, -0.05) is 30.3 Å². The fourth-order valence-corrected chi connectivity index (χ4v) is 7.50. The third-order valence-electron chi connectivity index (χ3n) is 7.54. The topological polar surface area (TPSA) is 125 Å². The number of aryl methyl sites for hydroxylation is 1. The van der Waals surface area contributed by atoms with Crippen molar-refractivity contribution in [2.24, 2.45) is 0 Å². The molecule has 2 heterocycles. The number of sulfonamides is 1. The van der Waals surface area contributed by atoms with Crippen LogP contribution in [0.1, 0.15) is 49.1 Å². The van der Waals surface area contributed by atoms with Crippen LogP contribution in [0.2, 0.25) is 0 Å². The summed E-state index contributed by atoms with van der Waals surface area (Å²) in [4.78, 5) is 12.5. The number of hydrogen-bond acceptors (Lipinski definition) is 7. The summed E-state index contributed by atoms with van der Waals surface area (Å²) < 4.78 is 37.8. The number of nitrogens with one attached hydrogen (secondary N) is 1. The molecule has 2 aromatic rings. The maximum Gasteiger partial charge on any atom is 0.266 e. The van der Waals surface area contributed by atoms with Crippen molar-refractivity contribution in [2.75, 3.05) is 39.5 Å². The molecule has 4 rings (SSSR count). The van der Waals surface area contributed by atoms with Gasteiger partial charge in [-0.25, -0.2) is 18.2 Å². The second-order valence-electron chi connectivity index (χ2n) is 9.75. The number of hydrogen-bond donors (Lipinski definition) is 3. The maximum absolute atomic E-state index is 13.5. The van der Waals surface area contributed by atoms with Crippen LogP contribution in [0, 0.1) is 6.92 Å². The van der Waals surface area contributed by atoms with E-state index >= 15 is 0 Å². The number of carbonyl (C=O) groups excluding carboxylic acids is 1. The Balaban J connectivity index is 1.45. The Morgan fingerprint density at radius 2 is 1.89 bits per heavy atom. The van der Waals surface area contributed by atoms with Crippen LogP contribution < -0.4 is 10.2 Å². The fourth-order valence-electron chi connectivity index (χ4n) is 5.35. The lowest BCUT2D eigenvalue weighted by molar-refractivity contribution is -0.134. The number of aliphatic hydroxyl groups is 1. The van der Waals surface area contributed by atoms with E-state index < -0.39 is 20.7 Å². The highest BCUT2D eigenvalue weighted by atomic mass is 32.2. The van der Waals surface area contributed by atoms with E-state index in [-0.39, 0.29) is 38.6 Å². The summed E-state index contributed by atoms with van der Waals surface area (Å²) in [5.74, 6) is 0.0943. The second-order valence-corrected chi connectivity index (χ2v) is 12.0. The molecule has 0 unspecified atom stereocenters. The fraction of sp³-hybridized carbons (Fsp3) is 0.519. The van der Waals surface area contributed by atoms with Gasteiger partial charge in [0.05, 0.1) is 6.61 Å². The van der Waals surface area contributed by atoms with Gasteiger partial charge < -0.3 is 14.6 Å². The summed E-state index contributed by atoms with van der Waals surface area (Å²) in [6.45, 7) is 3.59. The first-order valence-corrected chi connectivity index (χ1v) is 14.2. The smallest absolute Gasteiger partial charge is 0.266 e. The molecule has 0 bridgehead atoms. The van der Waals surface area contributed by atoms with E-state index in [0.717, 1.165) is 22.4 Å². The summed E-state index contributed by atoms with van der Waals surface area (Å²) in [5.41, 5.74) is 6.03. The summed E-state index contributed by atoms with van der Waals surface area (Å²) in [5, 5.41) is 18.2. The normalized spacial score (nSPS) is 18.9. The van der Waals surface area contributed by atoms with Crippen molar-refractivity contribution in [2.45, 2.75) is 49.7 Å². The molecule has 0 saturated carbocycles. The zero-order valence-electron chi connectivity index (χ0n) is 21.2. The average Bonchev–Trinajstić information content (AvgIpc) is 2.93. The van der Waals surface area contributed by atoms with Crippen LogP contribution in [0.25, 0.3) is 11.1 Å². The molecule has 0 spiro atoms. The maximum atomic E-state index is 13.5. The van der Waals surface area contributed by atoms with Gasteiger partial charge in [0.25, 0.3) is 5.91 Å². The lowest BCUT2D eigenvalue weighted by Crippen LogP contribution is -2.60. The number of hydroxylamine groups is 1. The molecule has 2 aliphatic rings. The summed E-state index contributed by atoms with van der Waals surface area (Å²) in [6, 6.07) is 14.3. The molecule has 0 radical (unpaired) electrons. The number of rotatable bonds is 9. The van der Waals surface area contributed by atoms with E-state index in [1.165, 1.54) is 9.87 Å². The molecule has 1 amide bonds. The summed E-state index contributed by atoms with van der Waals surface area (Å²) >= 11 is 0. The minimum Gasteiger partial charge on any atom is -0.493 e. The molecule has 2 saturated heterocycles. The zero-order chi connectivity index (χ0) is 26.5. The zero-order valence-corrected chi connectivity index (χ0v) is 22.0. The van der Waals surface area contributed by atoms with E-state index in [1.807, 2.05) is 24.3 Å². The highest BCUT2D eigenvalue weighted by Crippen LogP contribution is 2.38. The first kappa shape index (κ1) is 27.5. The standard InChI is InChI=1S/C27H36N2O7S/c1-20-18-22(6-7-25(20)23-4-2-5-24(19-23)36-15-3-14-30)21-8-12-29(13-9-21)37(33,34)27(26(31)28-32)10-16-35-17-11-27/h2,4-7,18-19,21,30,32H,3,8-17H2,1H3,(H,28,31). The van der Waals surface area contributed by atoms with Gasteiger partial charge in [-0.15, -0.1) is 0 Å². The summed E-state index contributed by atoms with van der Waals surface area (Å²) in [7, 11) is -3.97. The van der Waals surface area contributed by atoms with Crippen LogP contribution in [0.5, 0.6) is 5.75 Å². The molecule has 0 atom stereocenters. The van der Waals surface area contributed by atoms with Crippen LogP contribution in [-0.2, 0) is 19.6 Å². The monoisotopic (exact) mass is 532 g/mol. The van der Waals surface area contributed by atoms with Crippen molar-refractivity contribution in [1.29, 1.82) is 0 Å². The number of benzene rings is 2. The van der Waals surface area contributed by atoms with E-state index in [9.17, 15) is 18.4 Å². The van der Waals surface area contributed by atoms with Crippen LogP contribution in [0.15, 0.2) is 42.5 Å². The van der Waals surface area contributed by atoms with E-state index in [1.54, 1.807) is 5.48 Å². The lowest BCUT2D eigenvalue weighted by Gasteiger charge is -2.40. The Hall–Kier alpha value is -2.50. The summed E-state index contributed by atoms with van der Waals surface area (Å²) in [6.07, 6.45) is 1.94. The van der Waals surface area contributed by atoms with Crippen molar-refractivity contribution in [3.63, 3.8) is 0 Å². The van der Waals surface area contributed by atoms with Gasteiger partial charge in [-0.3, -0.25) is 10.0 Å². The Bertz CT molecular complexity index is 1190. The van der Waals surface area contributed by atoms with Gasteiger partial charge in [0.15, 0.2) is 4.75 Å². The predicted molar refractivity (Wildman–Crippen MR) is 139 cm³/mol. The number of nitrogens with zero attached hydrogens (tertiary/aromatic N) is 1. The second kappa shape index (κ2) is 11.9. The molecule has 202 valence electrons. The third kappa shape index (κ3) is 5.68. The van der Waals surface area contributed by atoms with Gasteiger partial charge >= 0.3 is 0 Å². The minimum absolute atomic E-state index is 0.0238. The Morgan fingerprint density at radius 1 is 1.16 bits per heavy atom. The van der Waals surface area contributed by atoms with Gasteiger partial charge in [0, 0.05) is 52.2 Å². The molecular weight excluding hydrogens is 496 g/mol.